The van der Waals surface area contributed by atoms with E-state index >= 15 is 0 Å². The van der Waals surface area contributed by atoms with Gasteiger partial charge in [-0.05, 0) is 54.5 Å². The zero-order valence-electron chi connectivity index (χ0n) is 17.5. The Morgan fingerprint density at radius 1 is 1.10 bits per heavy atom. The summed E-state index contributed by atoms with van der Waals surface area (Å²) in [5, 5.41) is 3.34. The van der Waals surface area contributed by atoms with Gasteiger partial charge in [0.1, 0.15) is 0 Å². The van der Waals surface area contributed by atoms with Gasteiger partial charge in [-0.2, -0.15) is 0 Å². The smallest absolute Gasteiger partial charge is 0.240 e. The largest absolute Gasteiger partial charge is 0.352 e. The number of nitrogens with zero attached hydrogens (tertiary/aromatic N) is 2. The maximum Gasteiger partial charge on any atom is 0.240 e. The van der Waals surface area contributed by atoms with E-state index in [0.29, 0.717) is 11.4 Å². The van der Waals surface area contributed by atoms with E-state index in [0.717, 1.165) is 30.9 Å². The van der Waals surface area contributed by atoms with Crippen molar-refractivity contribution in [2.45, 2.75) is 41.8 Å². The Hall–Kier alpha value is -1.30. The Kier molecular flexibility index (Phi) is 9.45. The summed E-state index contributed by atoms with van der Waals surface area (Å²) in [4.78, 5) is 7.97. The number of benzene rings is 2. The van der Waals surface area contributed by atoms with Crippen LogP contribution in [0.1, 0.15) is 24.0 Å². The zero-order chi connectivity index (χ0) is 20.9. The third kappa shape index (κ3) is 7.14. The molecule has 0 radical (unpaired) electrons. The van der Waals surface area contributed by atoms with E-state index in [4.69, 9.17) is 0 Å². The molecule has 1 aliphatic rings. The molecule has 2 aromatic carbocycles. The fourth-order valence-corrected chi connectivity index (χ4v) is 4.63. The summed E-state index contributed by atoms with van der Waals surface area (Å²) in [6.07, 6.45) is 3.92. The van der Waals surface area contributed by atoms with Crippen LogP contribution in [-0.4, -0.2) is 45.7 Å². The van der Waals surface area contributed by atoms with E-state index in [2.05, 4.69) is 50.5 Å². The standard InChI is InChI=1S/C21H28N4O2S2.HI/c1-22-21(25(2)15-17-4-10-19(28-3)11-5-17)23-14-16-6-12-20(13-7-16)29(26,27)24-18-8-9-18;/h4-7,10-13,18,24H,8-9,14-15H2,1-3H3,(H,22,23);1H. The topological polar surface area (TPSA) is 73.8 Å². The van der Waals surface area contributed by atoms with Crippen LogP contribution >= 0.6 is 35.7 Å². The molecular formula is C21H29IN4O2S2. The highest BCUT2D eigenvalue weighted by atomic mass is 127. The van der Waals surface area contributed by atoms with Gasteiger partial charge in [-0.15, -0.1) is 35.7 Å². The van der Waals surface area contributed by atoms with E-state index < -0.39 is 10.0 Å². The van der Waals surface area contributed by atoms with Crippen molar-refractivity contribution in [3.05, 3.63) is 59.7 Å². The molecule has 164 valence electrons. The molecular weight excluding hydrogens is 531 g/mol. The Morgan fingerprint density at radius 2 is 1.70 bits per heavy atom. The number of aliphatic imine (C=N–C) groups is 1. The molecule has 6 nitrogen and oxygen atoms in total. The summed E-state index contributed by atoms with van der Waals surface area (Å²) in [5.74, 6) is 0.783. The summed E-state index contributed by atoms with van der Waals surface area (Å²) < 4.78 is 27.2. The van der Waals surface area contributed by atoms with Gasteiger partial charge in [0.05, 0.1) is 4.90 Å². The summed E-state index contributed by atoms with van der Waals surface area (Å²) in [5.41, 5.74) is 2.21. The molecule has 9 heteroatoms. The van der Waals surface area contributed by atoms with Crippen LogP contribution in [0.25, 0.3) is 0 Å². The van der Waals surface area contributed by atoms with E-state index in [1.165, 1.54) is 10.5 Å². The first kappa shape index (κ1) is 25.0. The maximum atomic E-state index is 12.3. The van der Waals surface area contributed by atoms with Gasteiger partial charge in [0.2, 0.25) is 10.0 Å². The Balaban J connectivity index is 0.00000320. The first-order valence-corrected chi connectivity index (χ1v) is 12.3. The van der Waals surface area contributed by atoms with Gasteiger partial charge in [-0.3, -0.25) is 4.99 Å². The molecule has 2 aromatic rings. The molecule has 0 spiro atoms. The van der Waals surface area contributed by atoms with Crippen molar-refractivity contribution in [3.63, 3.8) is 0 Å². The molecule has 0 atom stereocenters. The van der Waals surface area contributed by atoms with Crippen LogP contribution in [-0.2, 0) is 23.1 Å². The highest BCUT2D eigenvalue weighted by molar-refractivity contribution is 14.0. The molecule has 0 saturated heterocycles. The van der Waals surface area contributed by atoms with Gasteiger partial charge in [-0.25, -0.2) is 13.1 Å². The molecule has 0 amide bonds. The van der Waals surface area contributed by atoms with Crippen molar-refractivity contribution in [1.82, 2.24) is 14.9 Å². The molecule has 0 aromatic heterocycles. The van der Waals surface area contributed by atoms with Crippen molar-refractivity contribution < 1.29 is 8.42 Å². The lowest BCUT2D eigenvalue weighted by Gasteiger charge is -2.22. The number of nitrogens with one attached hydrogen (secondary N) is 2. The quantitative estimate of drug-likeness (QED) is 0.223. The third-order valence-corrected chi connectivity index (χ3v) is 7.02. The second-order valence-corrected chi connectivity index (χ2v) is 9.74. The SMILES string of the molecule is CN=C(NCc1ccc(S(=O)(=O)NC2CC2)cc1)N(C)Cc1ccc(SC)cc1.I. The predicted molar refractivity (Wildman–Crippen MR) is 135 cm³/mol. The van der Waals surface area contributed by atoms with Gasteiger partial charge in [0.15, 0.2) is 5.96 Å². The van der Waals surface area contributed by atoms with E-state index in [1.54, 1.807) is 30.9 Å². The molecule has 1 aliphatic carbocycles. The normalized spacial score (nSPS) is 14.2. The minimum atomic E-state index is -3.41. The first-order chi connectivity index (χ1) is 13.9. The van der Waals surface area contributed by atoms with Crippen LogP contribution in [0.3, 0.4) is 0 Å². The van der Waals surface area contributed by atoms with Gasteiger partial charge in [0.25, 0.3) is 0 Å². The second kappa shape index (κ2) is 11.4. The first-order valence-electron chi connectivity index (χ1n) is 9.57. The lowest BCUT2D eigenvalue weighted by atomic mass is 10.2. The Labute approximate surface area is 201 Å². The van der Waals surface area contributed by atoms with Crippen molar-refractivity contribution in [2.75, 3.05) is 20.4 Å². The average molecular weight is 561 g/mol. The van der Waals surface area contributed by atoms with Crippen molar-refractivity contribution in [3.8, 4) is 0 Å². The summed E-state index contributed by atoms with van der Waals surface area (Å²) in [6, 6.07) is 15.6. The average Bonchev–Trinajstić information content (AvgIpc) is 3.52. The van der Waals surface area contributed by atoms with Crippen molar-refractivity contribution in [2.24, 2.45) is 4.99 Å². The molecule has 30 heavy (non-hydrogen) atoms. The minimum Gasteiger partial charge on any atom is -0.352 e. The van der Waals surface area contributed by atoms with Crippen LogP contribution in [0.15, 0.2) is 63.3 Å². The van der Waals surface area contributed by atoms with Gasteiger partial charge in [-0.1, -0.05) is 24.3 Å². The van der Waals surface area contributed by atoms with Crippen LogP contribution in [0, 0.1) is 0 Å². The molecule has 3 rings (SSSR count). The van der Waals surface area contributed by atoms with Crippen molar-refractivity contribution in [1.29, 1.82) is 0 Å². The fraction of sp³-hybridized carbons (Fsp3) is 0.381. The van der Waals surface area contributed by atoms with Gasteiger partial charge in [0, 0.05) is 38.1 Å². The Morgan fingerprint density at radius 3 is 2.23 bits per heavy atom. The number of halogens is 1. The summed E-state index contributed by atoms with van der Waals surface area (Å²) in [7, 11) is 0.349. The highest BCUT2D eigenvalue weighted by Crippen LogP contribution is 2.22. The Bertz CT molecular complexity index is 944. The van der Waals surface area contributed by atoms with Crippen LogP contribution in [0.5, 0.6) is 0 Å². The fourth-order valence-electron chi connectivity index (χ4n) is 2.92. The van der Waals surface area contributed by atoms with E-state index in [9.17, 15) is 8.42 Å². The number of hydrogen-bond donors (Lipinski definition) is 2. The predicted octanol–water partition coefficient (Wildman–Crippen LogP) is 3.67. The second-order valence-electron chi connectivity index (χ2n) is 7.14. The molecule has 0 aliphatic heterocycles. The van der Waals surface area contributed by atoms with Crippen LogP contribution < -0.4 is 10.0 Å². The lowest BCUT2D eigenvalue weighted by Crippen LogP contribution is -2.38. The molecule has 0 heterocycles. The highest BCUT2D eigenvalue weighted by Gasteiger charge is 2.27. The zero-order valence-corrected chi connectivity index (χ0v) is 21.4. The van der Waals surface area contributed by atoms with E-state index in [1.807, 2.05) is 19.2 Å². The number of hydrogen-bond acceptors (Lipinski definition) is 4. The number of sulfonamides is 1. The molecule has 0 bridgehead atoms. The number of thioether (sulfide) groups is 1. The monoisotopic (exact) mass is 560 g/mol. The minimum absolute atomic E-state index is 0. The number of rotatable bonds is 8. The molecule has 1 fully saturated rings. The van der Waals surface area contributed by atoms with Crippen molar-refractivity contribution >= 4 is 51.7 Å². The lowest BCUT2D eigenvalue weighted by molar-refractivity contribution is 0.476. The molecule has 0 unspecified atom stereocenters. The van der Waals surface area contributed by atoms with Gasteiger partial charge >= 0.3 is 0 Å². The third-order valence-electron chi connectivity index (χ3n) is 4.74. The maximum absolute atomic E-state index is 12.3. The van der Waals surface area contributed by atoms with Gasteiger partial charge < -0.3 is 10.2 Å². The van der Waals surface area contributed by atoms with E-state index in [-0.39, 0.29) is 30.0 Å². The molecule has 1 saturated carbocycles. The summed E-state index contributed by atoms with van der Waals surface area (Å²) in [6.45, 7) is 1.32. The van der Waals surface area contributed by atoms with Crippen LogP contribution in [0.4, 0.5) is 0 Å². The summed E-state index contributed by atoms with van der Waals surface area (Å²) >= 11 is 1.73. The van der Waals surface area contributed by atoms with Crippen LogP contribution in [0.2, 0.25) is 0 Å². The number of guanidine groups is 1. The molecule has 2 N–H and O–H groups in total.